The molecule has 0 spiro atoms. The summed E-state index contributed by atoms with van der Waals surface area (Å²) < 4.78 is 16.9. The lowest BCUT2D eigenvalue weighted by atomic mass is 10.0. The van der Waals surface area contributed by atoms with Gasteiger partial charge < -0.3 is 14.2 Å². The smallest absolute Gasteiger partial charge is 0.306 e. The topological polar surface area (TPSA) is 78.9 Å². The Balaban J connectivity index is 4.03. The third-order valence-electron chi connectivity index (χ3n) is 16.5. The molecule has 6 heteroatoms. The summed E-state index contributed by atoms with van der Waals surface area (Å²) in [6, 6.07) is 0. The van der Waals surface area contributed by atoms with Gasteiger partial charge in [0.1, 0.15) is 13.2 Å². The summed E-state index contributed by atoms with van der Waals surface area (Å²) in [5, 5.41) is 0. The molecule has 0 aliphatic heterocycles. The van der Waals surface area contributed by atoms with Crippen LogP contribution in [0.4, 0.5) is 0 Å². The molecule has 0 radical (unpaired) electrons. The van der Waals surface area contributed by atoms with Crippen molar-refractivity contribution < 1.29 is 28.6 Å². The van der Waals surface area contributed by atoms with Gasteiger partial charge in [0.25, 0.3) is 0 Å². The summed E-state index contributed by atoms with van der Waals surface area (Å²) in [4.78, 5) is 38.3. The third-order valence-corrected chi connectivity index (χ3v) is 16.5. The van der Waals surface area contributed by atoms with Crippen LogP contribution in [0.2, 0.25) is 0 Å². The number of ether oxygens (including phenoxy) is 3. The average Bonchev–Trinajstić information content (AvgIpc) is 3.49. The monoisotopic (exact) mass is 1160 g/mol. The van der Waals surface area contributed by atoms with Crippen molar-refractivity contribution in [1.82, 2.24) is 0 Å². The van der Waals surface area contributed by atoms with E-state index in [1.807, 2.05) is 0 Å². The van der Waals surface area contributed by atoms with E-state index in [1.54, 1.807) is 0 Å². The highest BCUT2D eigenvalue weighted by Gasteiger charge is 2.19. The van der Waals surface area contributed by atoms with Crippen LogP contribution < -0.4 is 0 Å². The molecule has 0 aromatic heterocycles. The van der Waals surface area contributed by atoms with Crippen molar-refractivity contribution in [3.05, 3.63) is 60.8 Å². The van der Waals surface area contributed by atoms with Crippen molar-refractivity contribution in [2.45, 2.75) is 399 Å². The molecular weight excluding hydrogens is 1020 g/mol. The second-order valence-corrected chi connectivity index (χ2v) is 24.8. The van der Waals surface area contributed by atoms with Crippen LogP contribution in [0.15, 0.2) is 60.8 Å². The molecule has 0 aromatic carbocycles. The first-order valence-corrected chi connectivity index (χ1v) is 36.8. The lowest BCUT2D eigenvalue weighted by Gasteiger charge is -2.18. The van der Waals surface area contributed by atoms with E-state index in [0.717, 1.165) is 109 Å². The van der Waals surface area contributed by atoms with E-state index in [4.69, 9.17) is 14.2 Å². The Labute approximate surface area is 517 Å². The first-order valence-electron chi connectivity index (χ1n) is 36.8. The molecule has 0 heterocycles. The molecule has 484 valence electrons. The van der Waals surface area contributed by atoms with E-state index >= 15 is 0 Å². The number of unbranched alkanes of at least 4 members (excludes halogenated alkanes) is 47. The molecule has 0 bridgehead atoms. The standard InChI is InChI=1S/C77H140O6/c1-4-7-10-13-16-19-21-23-25-27-29-31-32-33-34-35-36-37-38-39-40-41-42-43-44-46-47-49-51-53-55-58-61-64-67-70-76(79)82-73-74(72-81-75(78)69-66-63-60-57-18-15-12-9-6-3)83-77(80)71-68-65-62-59-56-54-52-50-48-45-30-28-26-24-22-20-17-14-11-8-5-2/h8,11,17,20,24,26,30,45,50,52,74H,4-7,9-10,12-16,18-19,21-23,25,27-29,31-44,46-49,51,53-73H2,1-3H3/b11-8-,20-17-,26-24-,45-30-,52-50-. The zero-order chi connectivity index (χ0) is 59.9. The highest BCUT2D eigenvalue weighted by molar-refractivity contribution is 5.71. The van der Waals surface area contributed by atoms with Crippen LogP contribution in [0.1, 0.15) is 393 Å². The summed E-state index contributed by atoms with van der Waals surface area (Å²) in [6.45, 7) is 6.55. The van der Waals surface area contributed by atoms with E-state index < -0.39 is 6.10 Å². The molecule has 0 saturated heterocycles. The quantitative estimate of drug-likeness (QED) is 0.0261. The number of rotatable bonds is 68. The lowest BCUT2D eigenvalue weighted by Crippen LogP contribution is -2.30. The van der Waals surface area contributed by atoms with Crippen molar-refractivity contribution in [3.63, 3.8) is 0 Å². The van der Waals surface area contributed by atoms with Gasteiger partial charge in [-0.05, 0) is 64.2 Å². The summed E-state index contributed by atoms with van der Waals surface area (Å²) in [6.07, 6.45) is 93.0. The molecule has 83 heavy (non-hydrogen) atoms. The fraction of sp³-hybridized carbons (Fsp3) is 0.831. The molecule has 1 atom stereocenters. The fourth-order valence-electron chi connectivity index (χ4n) is 11.1. The van der Waals surface area contributed by atoms with Gasteiger partial charge in [-0.3, -0.25) is 14.4 Å². The van der Waals surface area contributed by atoms with Gasteiger partial charge in [0.2, 0.25) is 0 Å². The maximum atomic E-state index is 12.9. The van der Waals surface area contributed by atoms with Gasteiger partial charge in [0.15, 0.2) is 6.10 Å². The Bertz CT molecular complexity index is 1470. The Morgan fingerprint density at radius 2 is 0.470 bits per heavy atom. The minimum absolute atomic E-state index is 0.0780. The van der Waals surface area contributed by atoms with Gasteiger partial charge in [0.05, 0.1) is 0 Å². The molecule has 0 saturated carbocycles. The van der Waals surface area contributed by atoms with Crippen LogP contribution in [-0.4, -0.2) is 37.2 Å². The van der Waals surface area contributed by atoms with Gasteiger partial charge in [0, 0.05) is 19.3 Å². The van der Waals surface area contributed by atoms with E-state index in [9.17, 15) is 14.4 Å². The maximum absolute atomic E-state index is 12.9. The van der Waals surface area contributed by atoms with Crippen LogP contribution in [0.3, 0.4) is 0 Å². The largest absolute Gasteiger partial charge is 0.462 e. The number of carbonyl (C=O) groups is 3. The summed E-state index contributed by atoms with van der Waals surface area (Å²) in [7, 11) is 0. The molecule has 6 nitrogen and oxygen atoms in total. The van der Waals surface area contributed by atoms with Crippen LogP contribution >= 0.6 is 0 Å². The SMILES string of the molecule is CC/C=C\C/C=C\C/C=C\C/C=C\C/C=C\CCCCCCCC(=O)OC(COC(=O)CCCCCCCCCCC)COC(=O)CCCCCCCCCCCCCCCCCCCCCCCCCCCCCCCCCCCCC. The number of hydrogen-bond donors (Lipinski definition) is 0. The normalized spacial score (nSPS) is 12.4. The second kappa shape index (κ2) is 71.6. The molecule has 1 unspecified atom stereocenters. The highest BCUT2D eigenvalue weighted by atomic mass is 16.6. The Morgan fingerprint density at radius 3 is 0.735 bits per heavy atom. The molecule has 0 N–H and O–H groups in total. The number of hydrogen-bond acceptors (Lipinski definition) is 6. The molecule has 0 aromatic rings. The van der Waals surface area contributed by atoms with E-state index in [1.165, 1.54) is 244 Å². The number of allylic oxidation sites excluding steroid dienone is 10. The summed E-state index contributed by atoms with van der Waals surface area (Å²) in [5.74, 6) is -0.879. The van der Waals surface area contributed by atoms with Crippen LogP contribution in [-0.2, 0) is 28.6 Å². The lowest BCUT2D eigenvalue weighted by molar-refractivity contribution is -0.167. The zero-order valence-electron chi connectivity index (χ0n) is 55.7. The molecular formula is C77H140O6. The van der Waals surface area contributed by atoms with Crippen molar-refractivity contribution in [2.75, 3.05) is 13.2 Å². The fourth-order valence-corrected chi connectivity index (χ4v) is 11.1. The zero-order valence-corrected chi connectivity index (χ0v) is 55.7. The Hall–Kier alpha value is -2.89. The van der Waals surface area contributed by atoms with Gasteiger partial charge in [-0.15, -0.1) is 0 Å². The summed E-state index contributed by atoms with van der Waals surface area (Å²) in [5.41, 5.74) is 0. The first-order chi connectivity index (χ1) is 41.0. The van der Waals surface area contributed by atoms with Crippen molar-refractivity contribution in [1.29, 1.82) is 0 Å². The Morgan fingerprint density at radius 1 is 0.253 bits per heavy atom. The van der Waals surface area contributed by atoms with Crippen molar-refractivity contribution >= 4 is 17.9 Å². The minimum atomic E-state index is -0.782. The van der Waals surface area contributed by atoms with Gasteiger partial charge in [-0.25, -0.2) is 0 Å². The van der Waals surface area contributed by atoms with E-state index in [0.29, 0.717) is 19.3 Å². The predicted molar refractivity (Wildman–Crippen MR) is 362 cm³/mol. The van der Waals surface area contributed by atoms with Crippen LogP contribution in [0, 0.1) is 0 Å². The minimum Gasteiger partial charge on any atom is -0.462 e. The van der Waals surface area contributed by atoms with E-state index in [-0.39, 0.29) is 31.1 Å². The average molecular weight is 1160 g/mol. The van der Waals surface area contributed by atoms with Gasteiger partial charge in [-0.1, -0.05) is 370 Å². The molecule has 0 aliphatic rings. The highest BCUT2D eigenvalue weighted by Crippen LogP contribution is 2.19. The third kappa shape index (κ3) is 69.8. The van der Waals surface area contributed by atoms with Gasteiger partial charge >= 0.3 is 17.9 Å². The second-order valence-electron chi connectivity index (χ2n) is 24.8. The molecule has 0 rings (SSSR count). The molecule has 0 amide bonds. The first kappa shape index (κ1) is 80.1. The molecule has 0 fully saturated rings. The van der Waals surface area contributed by atoms with Crippen LogP contribution in [0.5, 0.6) is 0 Å². The number of esters is 3. The van der Waals surface area contributed by atoms with Gasteiger partial charge in [-0.2, -0.15) is 0 Å². The summed E-state index contributed by atoms with van der Waals surface area (Å²) >= 11 is 0. The van der Waals surface area contributed by atoms with Crippen LogP contribution in [0.25, 0.3) is 0 Å². The maximum Gasteiger partial charge on any atom is 0.306 e. The number of carbonyl (C=O) groups excluding carboxylic acids is 3. The molecule has 0 aliphatic carbocycles. The van der Waals surface area contributed by atoms with E-state index in [2.05, 4.69) is 81.5 Å². The Kier molecular flexibility index (Phi) is 69.1. The predicted octanol–water partition coefficient (Wildman–Crippen LogP) is 25.5. The van der Waals surface area contributed by atoms with Crippen molar-refractivity contribution in [3.8, 4) is 0 Å². The van der Waals surface area contributed by atoms with Crippen molar-refractivity contribution in [2.24, 2.45) is 0 Å².